The zero-order valence-corrected chi connectivity index (χ0v) is 83.5. The van der Waals surface area contributed by atoms with Gasteiger partial charge in [0, 0.05) is 170 Å². The van der Waals surface area contributed by atoms with Crippen molar-refractivity contribution in [1.82, 2.24) is 35.3 Å². The van der Waals surface area contributed by atoms with Gasteiger partial charge < -0.3 is 83.0 Å². The second kappa shape index (κ2) is 42.2. The molecular formula is C116H108ClN15O17. The summed E-state index contributed by atoms with van der Waals surface area (Å²) in [5.74, 6) is -0.160. The Morgan fingerprint density at radius 1 is 0.383 bits per heavy atom. The van der Waals surface area contributed by atoms with Crippen molar-refractivity contribution in [3.63, 3.8) is 0 Å². The molecule has 0 amide bonds. The van der Waals surface area contributed by atoms with Gasteiger partial charge in [-0.25, -0.2) is 14.4 Å². The first-order valence-corrected chi connectivity index (χ1v) is 51.0. The van der Waals surface area contributed by atoms with Gasteiger partial charge >= 0.3 is 23.9 Å². The van der Waals surface area contributed by atoms with E-state index in [9.17, 15) is 43.5 Å². The number of hydrogen-bond donors (Lipinski definition) is 5. The average Bonchev–Trinajstić information content (AvgIpc) is 1.64. The number of aliphatic carboxylic acids is 1. The Bertz CT molecular complexity index is 7900. The molecule has 756 valence electrons. The number of aryl methyl sites for hydroxylation is 1. The third kappa shape index (κ3) is 18.9. The second-order valence-electron chi connectivity index (χ2n) is 38.3. The van der Waals surface area contributed by atoms with Gasteiger partial charge in [-0.3, -0.25) is 38.7 Å². The molecule has 32 nitrogen and oxygen atoms in total. The van der Waals surface area contributed by atoms with Crippen LogP contribution in [0.15, 0.2) is 236 Å². The number of methoxy groups -OCH3 is 3. The molecule has 0 bridgehead atoms. The molecule has 4 aliphatic heterocycles. The number of nitrogens with zero attached hydrogens (tertiary/aromatic N) is 11. The van der Waals surface area contributed by atoms with E-state index in [0.717, 1.165) is 189 Å². The number of benzene rings is 12. The number of ether oxygens (including phenoxy) is 4. The first kappa shape index (κ1) is 97.3. The lowest BCUT2D eigenvalue weighted by Gasteiger charge is -2.41. The fourth-order valence-corrected chi connectivity index (χ4v) is 22.2. The van der Waals surface area contributed by atoms with Crippen molar-refractivity contribution in [2.24, 2.45) is 0 Å². The van der Waals surface area contributed by atoms with Crippen LogP contribution in [0.4, 0.5) is 62.6 Å². The van der Waals surface area contributed by atoms with Crippen molar-refractivity contribution in [3.05, 3.63) is 290 Å². The molecule has 4 saturated heterocycles. The number of hydrogen-bond acceptors (Lipinski definition) is 31. The molecule has 25 rings (SSSR count). The minimum absolute atomic E-state index is 0.0568. The van der Waals surface area contributed by atoms with Crippen molar-refractivity contribution in [1.29, 1.82) is 0 Å². The Kier molecular flexibility index (Phi) is 27.6. The molecule has 5 fully saturated rings. The van der Waals surface area contributed by atoms with Crippen molar-refractivity contribution in [2.75, 3.05) is 187 Å². The number of nitrogens with one attached hydrogen (secondary N) is 4. The number of carboxylic acid groups (broad SMARTS) is 1. The summed E-state index contributed by atoms with van der Waals surface area (Å²) >= 11 is 5.99. The van der Waals surface area contributed by atoms with E-state index in [-0.39, 0.29) is 29.7 Å². The predicted molar refractivity (Wildman–Crippen MR) is 572 cm³/mol. The van der Waals surface area contributed by atoms with E-state index >= 15 is 0 Å². The van der Waals surface area contributed by atoms with E-state index in [1.54, 1.807) is 60.7 Å². The van der Waals surface area contributed by atoms with Gasteiger partial charge in [0.2, 0.25) is 0 Å². The summed E-state index contributed by atoms with van der Waals surface area (Å²) < 4.78 is 43.5. The van der Waals surface area contributed by atoms with Gasteiger partial charge in [-0.2, -0.15) is 0 Å². The summed E-state index contributed by atoms with van der Waals surface area (Å²) in [5.41, 5.74) is 21.2. The normalized spacial score (nSPS) is 15.7. The smallest absolute Gasteiger partial charge is 0.337 e. The maximum atomic E-state index is 13.9. The molecule has 9 aliphatic rings. The van der Waals surface area contributed by atoms with Gasteiger partial charge in [-0.05, 0) is 160 Å². The van der Waals surface area contributed by atoms with Crippen LogP contribution in [-0.2, 0) is 30.2 Å². The number of aromatic nitrogens is 4. The van der Waals surface area contributed by atoms with Gasteiger partial charge in [0.15, 0.2) is 46.2 Å². The number of rotatable bonds is 23. The van der Waals surface area contributed by atoms with Crippen molar-refractivity contribution < 1.29 is 80.5 Å². The van der Waals surface area contributed by atoms with Crippen LogP contribution in [0.3, 0.4) is 0 Å². The minimum Gasteiger partial charge on any atom is -0.480 e. The van der Waals surface area contributed by atoms with Crippen LogP contribution < -0.4 is 40.9 Å². The summed E-state index contributed by atoms with van der Waals surface area (Å²) in [5, 5.41) is 44.0. The van der Waals surface area contributed by atoms with Crippen LogP contribution in [-0.4, -0.2) is 239 Å². The number of esters is 3. The first-order valence-electron chi connectivity index (χ1n) is 50.6. The van der Waals surface area contributed by atoms with Gasteiger partial charge in [-0.1, -0.05) is 168 Å². The number of carbonyl (C=O) groups excluding carboxylic acids is 7. The number of anilines is 11. The quantitative estimate of drug-likeness (QED) is 0.0293. The summed E-state index contributed by atoms with van der Waals surface area (Å²) in [6.45, 7) is 17.6. The van der Waals surface area contributed by atoms with E-state index < -0.39 is 23.9 Å². The lowest BCUT2D eigenvalue weighted by molar-refractivity contribution is -0.135. The Balaban J connectivity index is 0.000000113. The molecule has 5 aliphatic carbocycles. The Morgan fingerprint density at radius 3 is 1.03 bits per heavy atom. The van der Waals surface area contributed by atoms with Gasteiger partial charge in [0.25, 0.3) is 0 Å². The lowest BCUT2D eigenvalue weighted by atomic mass is 9.86. The van der Waals surface area contributed by atoms with Crippen molar-refractivity contribution in [2.45, 2.75) is 64.3 Å². The summed E-state index contributed by atoms with van der Waals surface area (Å²) in [7, 11) is 4.07. The molecule has 5 N–H and O–H groups in total. The van der Waals surface area contributed by atoms with Crippen LogP contribution in [0.25, 0.3) is 88.9 Å². The predicted octanol–water partition coefficient (Wildman–Crippen LogP) is 20.5. The maximum absolute atomic E-state index is 13.9. The molecule has 0 spiro atoms. The third-order valence-electron chi connectivity index (χ3n) is 29.6. The monoisotopic (exact) mass is 2020 g/mol. The van der Waals surface area contributed by atoms with Gasteiger partial charge in [0.1, 0.15) is 28.6 Å². The summed E-state index contributed by atoms with van der Waals surface area (Å²) in [6.07, 6.45) is 9.84. The third-order valence-corrected chi connectivity index (χ3v) is 29.9. The number of carbonyl (C=O) groups is 8. The summed E-state index contributed by atoms with van der Waals surface area (Å²) in [4.78, 5) is 119. The van der Waals surface area contributed by atoms with Gasteiger partial charge in [-0.15, -0.1) is 0 Å². The zero-order valence-electron chi connectivity index (χ0n) is 82.7. The van der Waals surface area contributed by atoms with E-state index in [4.69, 9.17) is 48.6 Å². The fraction of sp³-hybridized carbons (Fsp3) is 0.276. The first-order chi connectivity index (χ1) is 72.8. The largest absolute Gasteiger partial charge is 0.480 e. The van der Waals surface area contributed by atoms with Crippen LogP contribution in [0, 0.1) is 0 Å². The molecule has 0 radical (unpaired) electrons. The molecule has 0 atom stereocenters. The SMILES string of the molecule is CCCN1CCN(c2cc(Nc3ccc(C(=O)OC)cc3)c3c4c(onc24)-c2ccccc2C3=O)CC1.COC(=O)c1ccc(Nc2cc(N3CCN(C4CCCCC4)CC3)c3noc4c3c2C(=O)c2ccccc2-4)cc1.COC(=O)c1ccc(Nc2cc(N3CCOCC3)c3noc4c3c2C(=O)c2ccccc2-4)cc1.O=C(O)CNc1cc(N2CCN(CCCc3ccc(Cl)cc3)CC2)c2noc3c2c1C(=O)c1ccccc1-3. The Hall–Kier alpha value is -16.4. The lowest BCUT2D eigenvalue weighted by Crippen LogP contribution is -2.51. The summed E-state index contributed by atoms with van der Waals surface area (Å²) in [6, 6.07) is 67.4. The van der Waals surface area contributed by atoms with E-state index in [0.29, 0.717) is 172 Å². The number of piperazine rings is 3. The molecule has 1 saturated carbocycles. The van der Waals surface area contributed by atoms with E-state index in [2.05, 4.69) is 95.2 Å². The van der Waals surface area contributed by atoms with Crippen molar-refractivity contribution >= 4 is 165 Å². The fourth-order valence-electron chi connectivity index (χ4n) is 22.1. The molecule has 149 heavy (non-hydrogen) atoms. The van der Waals surface area contributed by atoms with E-state index in [1.807, 2.05) is 146 Å². The molecule has 4 aromatic heterocycles. The molecule has 16 aromatic rings. The second-order valence-corrected chi connectivity index (χ2v) is 38.8. The molecule has 33 heteroatoms. The highest BCUT2D eigenvalue weighted by atomic mass is 35.5. The number of morpholine rings is 1. The average molecular weight is 2020 g/mol. The molecular weight excluding hydrogens is 1910 g/mol. The van der Waals surface area contributed by atoms with E-state index in [1.165, 1.54) is 59.0 Å². The van der Waals surface area contributed by atoms with Crippen LogP contribution in [0.5, 0.6) is 0 Å². The molecule has 0 unspecified atom stereocenters. The van der Waals surface area contributed by atoms with Gasteiger partial charge in [0.05, 0.1) is 135 Å². The number of ketones is 4. The van der Waals surface area contributed by atoms with Crippen LogP contribution in [0.2, 0.25) is 5.02 Å². The Morgan fingerprint density at radius 2 is 0.698 bits per heavy atom. The number of fused-ring (bicyclic) bond motifs is 8. The zero-order chi connectivity index (χ0) is 102. The maximum Gasteiger partial charge on any atom is 0.337 e. The standard InChI is InChI=1S/C32H32N4O4.C29H27ClN4O4.C29H28N4O4.C26H21N3O5/c1-39-32(38)20-11-13-21(14-12-20)33-25-19-26(36-17-15-35(16-18-36)22-7-3-2-4-8-22)29-28-27(25)30(37)23-9-5-6-10-24(23)31(28)40-34-29;30-19-9-7-18(8-10-19)4-3-11-33-12-14-34(15-13-33)23-16-22(31-17-24(35)36)25-26-27(23)32-38-29(26)21-6-2-1-5-20(21)28(25)37;1-3-12-32-13-15-33(16-14-32)23-17-22(30-19-10-8-18(9-11-19)29(35)36-2)24-25-26(23)31-37-28(25)21-7-5-4-6-20(21)27(24)34;1-32-26(31)15-6-8-16(9-7-15)27-19-14-20(29-10-12-33-13-11-29)23-22-21(19)24(30)17-4-2-3-5-18(17)25(22)34-28-23/h5-6,9-14,19,22,33H,2-4,7-8,15-18H2,1H3;1-2,5-10,16,31H,3-4,11-15,17H2,(H,35,36);4-11,17,30H,3,12-16H2,1-2H3;2-9,14,27H,10-13H2,1H3. The Labute approximate surface area is 862 Å². The topological polar surface area (TPSA) is 369 Å². The number of carboxylic acids is 1. The van der Waals surface area contributed by atoms with Crippen LogP contribution in [0.1, 0.15) is 152 Å². The highest BCUT2D eigenvalue weighted by Crippen LogP contribution is 2.53. The van der Waals surface area contributed by atoms with Crippen molar-refractivity contribution in [3.8, 4) is 45.3 Å². The minimum atomic E-state index is -1.000. The molecule has 8 heterocycles. The highest BCUT2D eigenvalue weighted by molar-refractivity contribution is 6.33. The highest BCUT2D eigenvalue weighted by Gasteiger charge is 2.41. The number of halogens is 1. The molecule has 12 aromatic carbocycles. The van der Waals surface area contributed by atoms with Crippen LogP contribution >= 0.6 is 11.6 Å².